The van der Waals surface area contributed by atoms with Crippen LogP contribution in [0.2, 0.25) is 0 Å². The van der Waals surface area contributed by atoms with E-state index >= 15 is 0 Å². The van der Waals surface area contributed by atoms with Crippen molar-refractivity contribution in [3.8, 4) is 0 Å². The lowest BCUT2D eigenvalue weighted by Crippen LogP contribution is -2.55. The minimum Gasteiger partial charge on any atom is -0.0622 e. The first-order chi connectivity index (χ1) is 7.06. The largest absolute Gasteiger partial charge is 0.0622 e. The zero-order valence-electron chi connectivity index (χ0n) is 12.4. The van der Waals surface area contributed by atoms with Crippen molar-refractivity contribution in [1.29, 1.82) is 0 Å². The summed E-state index contributed by atoms with van der Waals surface area (Å²) in [7, 11) is 0. The van der Waals surface area contributed by atoms with Gasteiger partial charge in [0.1, 0.15) is 0 Å². The van der Waals surface area contributed by atoms with Gasteiger partial charge >= 0.3 is 0 Å². The molecule has 0 heteroatoms. The summed E-state index contributed by atoms with van der Waals surface area (Å²) in [6, 6.07) is 0. The lowest BCUT2D eigenvalue weighted by atomic mass is 9.42. The van der Waals surface area contributed by atoms with Gasteiger partial charge in [-0.3, -0.25) is 0 Å². The molecular formula is C16H30. The number of rotatable bonds is 1. The molecule has 2 fully saturated rings. The molecule has 0 aromatic heterocycles. The number of hydrogen-bond donors (Lipinski definition) is 0. The van der Waals surface area contributed by atoms with Gasteiger partial charge in [0.15, 0.2) is 0 Å². The highest BCUT2D eigenvalue weighted by Gasteiger charge is 2.64. The van der Waals surface area contributed by atoms with E-state index in [-0.39, 0.29) is 0 Å². The molecule has 0 saturated heterocycles. The van der Waals surface area contributed by atoms with E-state index in [0.29, 0.717) is 21.7 Å². The summed E-state index contributed by atoms with van der Waals surface area (Å²) in [6.45, 7) is 17.6. The first kappa shape index (κ1) is 12.5. The zero-order valence-corrected chi connectivity index (χ0v) is 12.4. The van der Waals surface area contributed by atoms with Crippen molar-refractivity contribution >= 4 is 0 Å². The lowest BCUT2D eigenvalue weighted by molar-refractivity contribution is -0.133. The van der Waals surface area contributed by atoms with Crippen molar-refractivity contribution in [1.82, 2.24) is 0 Å². The second-order valence-corrected chi connectivity index (χ2v) is 8.47. The van der Waals surface area contributed by atoms with Crippen LogP contribution in [0, 0.1) is 27.6 Å². The second kappa shape index (κ2) is 3.06. The average Bonchev–Trinajstić information content (AvgIpc) is 2.36. The molecule has 0 amide bonds. The summed E-state index contributed by atoms with van der Waals surface area (Å²) in [6.07, 6.45) is 5.78. The molecule has 94 valence electrons. The van der Waals surface area contributed by atoms with Gasteiger partial charge in [-0.2, -0.15) is 0 Å². The third-order valence-corrected chi connectivity index (χ3v) is 6.78. The van der Waals surface area contributed by atoms with Crippen molar-refractivity contribution in [2.24, 2.45) is 27.6 Å². The minimum absolute atomic E-state index is 0.486. The quantitative estimate of drug-likeness (QED) is 0.566. The van der Waals surface area contributed by atoms with Crippen LogP contribution in [-0.4, -0.2) is 0 Å². The van der Waals surface area contributed by atoms with Crippen molar-refractivity contribution < 1.29 is 0 Å². The summed E-state index contributed by atoms with van der Waals surface area (Å²) in [5, 5.41) is 0. The molecule has 2 saturated carbocycles. The number of fused-ring (bicyclic) bond motifs is 2. The van der Waals surface area contributed by atoms with E-state index in [1.807, 2.05) is 0 Å². The molecule has 0 spiro atoms. The van der Waals surface area contributed by atoms with Gasteiger partial charge in [-0.05, 0) is 53.3 Å². The van der Waals surface area contributed by atoms with E-state index in [0.717, 1.165) is 5.92 Å². The van der Waals surface area contributed by atoms with Crippen LogP contribution >= 0.6 is 0 Å². The zero-order chi connectivity index (χ0) is 12.4. The molecule has 0 aromatic carbocycles. The number of hydrogen-bond acceptors (Lipinski definition) is 0. The third kappa shape index (κ3) is 1.28. The summed E-state index contributed by atoms with van der Waals surface area (Å²) < 4.78 is 0. The van der Waals surface area contributed by atoms with E-state index in [4.69, 9.17) is 0 Å². The highest BCUT2D eigenvalue weighted by atomic mass is 14.7. The molecule has 0 N–H and O–H groups in total. The maximum Gasteiger partial charge on any atom is -0.0197 e. The van der Waals surface area contributed by atoms with Gasteiger partial charge in [0, 0.05) is 0 Å². The Bertz CT molecular complexity index is 301. The second-order valence-electron chi connectivity index (χ2n) is 8.47. The van der Waals surface area contributed by atoms with Crippen LogP contribution < -0.4 is 0 Å². The molecule has 0 nitrogen and oxygen atoms in total. The fourth-order valence-electron chi connectivity index (χ4n) is 5.84. The molecule has 2 aliphatic carbocycles. The van der Waals surface area contributed by atoms with Crippen LogP contribution in [0.4, 0.5) is 0 Å². The SMILES string of the molecule is CC(C)C1(C)C(C)(C)CC2(C)CCC1(C)C2. The van der Waals surface area contributed by atoms with Gasteiger partial charge in [-0.1, -0.05) is 48.5 Å². The van der Waals surface area contributed by atoms with Crippen molar-refractivity contribution in [3.63, 3.8) is 0 Å². The molecule has 2 aliphatic rings. The van der Waals surface area contributed by atoms with Gasteiger partial charge in [0.05, 0.1) is 0 Å². The third-order valence-electron chi connectivity index (χ3n) is 6.78. The first-order valence-electron chi connectivity index (χ1n) is 7.06. The molecule has 2 rings (SSSR count). The summed E-state index contributed by atoms with van der Waals surface area (Å²) in [5.74, 6) is 0.787. The standard InChI is InChI=1S/C16H30/c1-12(2)16(7)13(3,4)10-14(5)8-9-15(16,6)11-14/h12H,8-11H2,1-7H3. The molecule has 16 heavy (non-hydrogen) atoms. The van der Waals surface area contributed by atoms with Crippen LogP contribution in [0.15, 0.2) is 0 Å². The first-order valence-corrected chi connectivity index (χ1v) is 7.06. The van der Waals surface area contributed by atoms with Gasteiger partial charge in [-0.15, -0.1) is 0 Å². The summed E-state index contributed by atoms with van der Waals surface area (Å²) >= 11 is 0. The van der Waals surface area contributed by atoms with Crippen LogP contribution in [-0.2, 0) is 0 Å². The van der Waals surface area contributed by atoms with Gasteiger partial charge in [-0.25, -0.2) is 0 Å². The molecule has 2 bridgehead atoms. The maximum atomic E-state index is 2.57. The smallest absolute Gasteiger partial charge is 0.0197 e. The topological polar surface area (TPSA) is 0 Å². The van der Waals surface area contributed by atoms with Crippen LogP contribution in [0.5, 0.6) is 0 Å². The maximum absolute atomic E-state index is 2.57. The molecule has 0 aromatic rings. The van der Waals surface area contributed by atoms with Crippen molar-refractivity contribution in [2.75, 3.05) is 0 Å². The van der Waals surface area contributed by atoms with E-state index in [2.05, 4.69) is 48.5 Å². The Labute approximate surface area is 102 Å². The lowest BCUT2D eigenvalue weighted by Gasteiger charge is -2.62. The monoisotopic (exact) mass is 222 g/mol. The molecule has 0 aliphatic heterocycles. The Balaban J connectivity index is 2.51. The molecule has 0 radical (unpaired) electrons. The van der Waals surface area contributed by atoms with E-state index < -0.39 is 0 Å². The van der Waals surface area contributed by atoms with Crippen molar-refractivity contribution in [2.45, 2.75) is 74.1 Å². The normalized spacial score (nSPS) is 51.0. The Morgan fingerprint density at radius 1 is 0.812 bits per heavy atom. The molecule has 3 unspecified atom stereocenters. The Hall–Kier alpha value is 0. The molecule has 3 atom stereocenters. The van der Waals surface area contributed by atoms with Gasteiger partial charge in [0.2, 0.25) is 0 Å². The predicted molar refractivity (Wildman–Crippen MR) is 71.4 cm³/mol. The Morgan fingerprint density at radius 2 is 1.38 bits per heavy atom. The summed E-state index contributed by atoms with van der Waals surface area (Å²) in [4.78, 5) is 0. The highest BCUT2D eigenvalue weighted by molar-refractivity contribution is 5.14. The molecule has 0 heterocycles. The Kier molecular flexibility index (Phi) is 2.38. The van der Waals surface area contributed by atoms with Crippen LogP contribution in [0.25, 0.3) is 0 Å². The van der Waals surface area contributed by atoms with Crippen LogP contribution in [0.1, 0.15) is 74.1 Å². The van der Waals surface area contributed by atoms with Gasteiger partial charge < -0.3 is 0 Å². The highest BCUT2D eigenvalue weighted by Crippen LogP contribution is 2.73. The van der Waals surface area contributed by atoms with Crippen LogP contribution in [0.3, 0.4) is 0 Å². The summed E-state index contributed by atoms with van der Waals surface area (Å²) in [5.41, 5.74) is 2.18. The predicted octanol–water partition coefficient (Wildman–Crippen LogP) is 5.28. The van der Waals surface area contributed by atoms with E-state index in [9.17, 15) is 0 Å². The van der Waals surface area contributed by atoms with Gasteiger partial charge in [0.25, 0.3) is 0 Å². The van der Waals surface area contributed by atoms with E-state index in [1.54, 1.807) is 0 Å². The molecular weight excluding hydrogens is 192 g/mol. The average molecular weight is 222 g/mol. The van der Waals surface area contributed by atoms with E-state index in [1.165, 1.54) is 25.7 Å². The minimum atomic E-state index is 0.486. The fourth-order valence-corrected chi connectivity index (χ4v) is 5.84. The fraction of sp³-hybridized carbons (Fsp3) is 1.00. The Morgan fingerprint density at radius 3 is 1.88 bits per heavy atom. The van der Waals surface area contributed by atoms with Crippen molar-refractivity contribution in [3.05, 3.63) is 0 Å².